The molecule has 0 aliphatic carbocycles. The van der Waals surface area contributed by atoms with E-state index in [1.807, 2.05) is 42.5 Å². The van der Waals surface area contributed by atoms with E-state index < -0.39 is 5.92 Å². The van der Waals surface area contributed by atoms with Crippen molar-refractivity contribution in [3.8, 4) is 6.07 Å². The number of piperidine rings is 1. The first kappa shape index (κ1) is 21.2. The largest absolute Gasteiger partial charge is 0.371 e. The van der Waals surface area contributed by atoms with Crippen LogP contribution in [0, 0.1) is 17.2 Å². The average Bonchev–Trinajstić information content (AvgIpc) is 3.09. The quantitative estimate of drug-likeness (QED) is 0.795. The highest BCUT2D eigenvalue weighted by molar-refractivity contribution is 6.30. The van der Waals surface area contributed by atoms with Crippen LogP contribution in [0.25, 0.3) is 0 Å². The molecule has 1 N–H and O–H groups in total. The van der Waals surface area contributed by atoms with E-state index in [9.17, 15) is 9.59 Å². The van der Waals surface area contributed by atoms with Crippen molar-refractivity contribution >= 4 is 29.1 Å². The van der Waals surface area contributed by atoms with Gasteiger partial charge in [0.2, 0.25) is 11.8 Å². The molecule has 0 aromatic heterocycles. The van der Waals surface area contributed by atoms with E-state index in [0.717, 1.165) is 37.2 Å². The van der Waals surface area contributed by atoms with Gasteiger partial charge in [0.05, 0.1) is 23.6 Å². The summed E-state index contributed by atoms with van der Waals surface area (Å²) in [7, 11) is 1.75. The summed E-state index contributed by atoms with van der Waals surface area (Å²) in [5, 5.41) is 12.7. The van der Waals surface area contributed by atoms with E-state index in [0.29, 0.717) is 10.6 Å². The zero-order chi connectivity index (χ0) is 22.0. The Kier molecular flexibility index (Phi) is 6.15. The second-order valence-corrected chi connectivity index (χ2v) is 8.68. The SMILES string of the molecule is CN1C(=O)CC(C(=O)NC2CCN(c3ccc(C#N)cc3)CC2)C1c1cccc(Cl)c1. The summed E-state index contributed by atoms with van der Waals surface area (Å²) in [5.41, 5.74) is 2.63. The first-order valence-electron chi connectivity index (χ1n) is 10.5. The number of carbonyl (C=O) groups excluding carboxylic acids is 2. The van der Waals surface area contributed by atoms with Crippen LogP contribution in [0.3, 0.4) is 0 Å². The zero-order valence-electron chi connectivity index (χ0n) is 17.4. The molecule has 2 aromatic rings. The number of anilines is 1. The van der Waals surface area contributed by atoms with Crippen LogP contribution in [-0.4, -0.2) is 42.9 Å². The molecule has 7 heteroatoms. The van der Waals surface area contributed by atoms with E-state index in [1.54, 1.807) is 18.0 Å². The van der Waals surface area contributed by atoms with Crippen LogP contribution in [0.15, 0.2) is 48.5 Å². The van der Waals surface area contributed by atoms with Gasteiger partial charge in [0, 0.05) is 43.3 Å². The number of hydrogen-bond donors (Lipinski definition) is 1. The number of nitriles is 1. The number of likely N-dealkylation sites (tertiary alicyclic amines) is 1. The van der Waals surface area contributed by atoms with Gasteiger partial charge < -0.3 is 15.1 Å². The number of rotatable bonds is 4. The number of amides is 2. The first-order valence-corrected chi connectivity index (χ1v) is 10.9. The van der Waals surface area contributed by atoms with Crippen molar-refractivity contribution < 1.29 is 9.59 Å². The van der Waals surface area contributed by atoms with E-state index in [4.69, 9.17) is 16.9 Å². The molecule has 2 aliphatic heterocycles. The lowest BCUT2D eigenvalue weighted by Gasteiger charge is -2.35. The van der Waals surface area contributed by atoms with E-state index in [1.165, 1.54) is 0 Å². The van der Waals surface area contributed by atoms with Crippen molar-refractivity contribution in [2.24, 2.45) is 5.92 Å². The summed E-state index contributed by atoms with van der Waals surface area (Å²) in [6.45, 7) is 1.66. The number of benzene rings is 2. The number of halogens is 1. The van der Waals surface area contributed by atoms with Gasteiger partial charge >= 0.3 is 0 Å². The molecule has 0 saturated carbocycles. The molecule has 4 rings (SSSR count). The molecule has 2 fully saturated rings. The molecule has 2 heterocycles. The maximum atomic E-state index is 13.1. The number of nitrogens with one attached hydrogen (secondary N) is 1. The van der Waals surface area contributed by atoms with Crippen molar-refractivity contribution in [1.82, 2.24) is 10.2 Å². The van der Waals surface area contributed by atoms with E-state index >= 15 is 0 Å². The van der Waals surface area contributed by atoms with Gasteiger partial charge in [-0.2, -0.15) is 5.26 Å². The third-order valence-electron chi connectivity index (χ3n) is 6.32. The highest BCUT2D eigenvalue weighted by atomic mass is 35.5. The van der Waals surface area contributed by atoms with Crippen molar-refractivity contribution in [1.29, 1.82) is 5.26 Å². The van der Waals surface area contributed by atoms with Crippen molar-refractivity contribution in [3.05, 3.63) is 64.7 Å². The molecular weight excluding hydrogens is 412 g/mol. The highest BCUT2D eigenvalue weighted by Crippen LogP contribution is 2.38. The molecule has 2 unspecified atom stereocenters. The average molecular weight is 437 g/mol. The smallest absolute Gasteiger partial charge is 0.226 e. The molecule has 6 nitrogen and oxygen atoms in total. The highest BCUT2D eigenvalue weighted by Gasteiger charge is 2.43. The maximum Gasteiger partial charge on any atom is 0.226 e. The van der Waals surface area contributed by atoms with Crippen LogP contribution in [0.4, 0.5) is 5.69 Å². The van der Waals surface area contributed by atoms with Gasteiger partial charge in [-0.3, -0.25) is 9.59 Å². The predicted octanol–water partition coefficient (Wildman–Crippen LogP) is 3.52. The van der Waals surface area contributed by atoms with Gasteiger partial charge in [0.25, 0.3) is 0 Å². The minimum Gasteiger partial charge on any atom is -0.371 e. The Hall–Kier alpha value is -3.04. The first-order chi connectivity index (χ1) is 15.0. The van der Waals surface area contributed by atoms with Gasteiger partial charge in [0.15, 0.2) is 0 Å². The summed E-state index contributed by atoms with van der Waals surface area (Å²) in [4.78, 5) is 29.4. The van der Waals surface area contributed by atoms with Gasteiger partial charge in [-0.05, 0) is 54.8 Å². The maximum absolute atomic E-state index is 13.1. The van der Waals surface area contributed by atoms with E-state index in [2.05, 4.69) is 16.3 Å². The second kappa shape index (κ2) is 8.99. The fraction of sp³-hybridized carbons (Fsp3) is 0.375. The minimum atomic E-state index is -0.424. The van der Waals surface area contributed by atoms with Crippen LogP contribution < -0.4 is 10.2 Å². The third-order valence-corrected chi connectivity index (χ3v) is 6.55. The monoisotopic (exact) mass is 436 g/mol. The van der Waals surface area contributed by atoms with Crippen LogP contribution in [-0.2, 0) is 9.59 Å². The van der Waals surface area contributed by atoms with Crippen molar-refractivity contribution in [2.45, 2.75) is 31.3 Å². The van der Waals surface area contributed by atoms with Crippen LogP contribution >= 0.6 is 11.6 Å². The molecule has 2 aliphatic rings. The molecule has 2 saturated heterocycles. The fourth-order valence-electron chi connectivity index (χ4n) is 4.59. The zero-order valence-corrected chi connectivity index (χ0v) is 18.2. The molecule has 0 spiro atoms. The van der Waals surface area contributed by atoms with E-state index in [-0.39, 0.29) is 30.3 Å². The topological polar surface area (TPSA) is 76.4 Å². The number of hydrogen-bond acceptors (Lipinski definition) is 4. The molecule has 2 aromatic carbocycles. The molecule has 31 heavy (non-hydrogen) atoms. The third kappa shape index (κ3) is 4.52. The Bertz CT molecular complexity index is 1010. The summed E-state index contributed by atoms with van der Waals surface area (Å²) < 4.78 is 0. The summed E-state index contributed by atoms with van der Waals surface area (Å²) in [5.74, 6) is -0.521. The molecule has 0 radical (unpaired) electrons. The van der Waals surface area contributed by atoms with Crippen molar-refractivity contribution in [2.75, 3.05) is 25.0 Å². The van der Waals surface area contributed by atoms with Gasteiger partial charge in [-0.1, -0.05) is 23.7 Å². The minimum absolute atomic E-state index is 0.0271. The van der Waals surface area contributed by atoms with Gasteiger partial charge in [-0.15, -0.1) is 0 Å². The second-order valence-electron chi connectivity index (χ2n) is 8.24. The van der Waals surface area contributed by atoms with Crippen molar-refractivity contribution in [3.63, 3.8) is 0 Å². The van der Waals surface area contributed by atoms with Gasteiger partial charge in [0.1, 0.15) is 0 Å². The molecule has 2 atom stereocenters. The Labute approximate surface area is 187 Å². The Morgan fingerprint density at radius 2 is 1.87 bits per heavy atom. The molecule has 0 bridgehead atoms. The Morgan fingerprint density at radius 3 is 2.52 bits per heavy atom. The fourth-order valence-corrected chi connectivity index (χ4v) is 4.79. The van der Waals surface area contributed by atoms with Crippen LogP contribution in [0.2, 0.25) is 5.02 Å². The number of carbonyl (C=O) groups is 2. The normalized spacial score (nSPS) is 21.8. The number of nitrogens with zero attached hydrogens (tertiary/aromatic N) is 3. The molecule has 160 valence electrons. The van der Waals surface area contributed by atoms with Gasteiger partial charge in [-0.25, -0.2) is 0 Å². The predicted molar refractivity (Wildman–Crippen MR) is 120 cm³/mol. The molecule has 2 amide bonds. The Balaban J connectivity index is 1.38. The lowest BCUT2D eigenvalue weighted by molar-refractivity contribution is -0.128. The summed E-state index contributed by atoms with van der Waals surface area (Å²) in [6, 6.07) is 16.9. The standard InChI is InChI=1S/C24H25ClN4O2/c1-28-22(30)14-21(23(28)17-3-2-4-18(25)13-17)24(31)27-19-9-11-29(12-10-19)20-7-5-16(15-26)6-8-20/h2-8,13,19,21,23H,9-12,14H2,1H3,(H,27,31). The molecular formula is C24H25ClN4O2. The summed E-state index contributed by atoms with van der Waals surface area (Å²) in [6.07, 6.45) is 1.89. The Morgan fingerprint density at radius 1 is 1.16 bits per heavy atom. The van der Waals surface area contributed by atoms with Crippen LogP contribution in [0.1, 0.15) is 36.4 Å². The lowest BCUT2D eigenvalue weighted by atomic mass is 9.92. The lowest BCUT2D eigenvalue weighted by Crippen LogP contribution is -2.47. The summed E-state index contributed by atoms with van der Waals surface area (Å²) >= 11 is 6.15. The van der Waals surface area contributed by atoms with Crippen LogP contribution in [0.5, 0.6) is 0 Å².